The fourth-order valence-electron chi connectivity index (χ4n) is 3.01. The summed E-state index contributed by atoms with van der Waals surface area (Å²) < 4.78 is 7.89. The molecule has 17 heavy (non-hydrogen) atoms. The number of nitrogens with zero attached hydrogens (tertiary/aromatic N) is 2. The highest BCUT2D eigenvalue weighted by Gasteiger charge is 2.48. The van der Waals surface area contributed by atoms with E-state index in [1.807, 2.05) is 19.4 Å². The Hall–Kier alpha value is -0.870. The summed E-state index contributed by atoms with van der Waals surface area (Å²) in [5.74, 6) is 0.321. The van der Waals surface area contributed by atoms with Crippen LogP contribution in [0.2, 0.25) is 0 Å². The fourth-order valence-corrected chi connectivity index (χ4v) is 3.01. The molecule has 0 saturated carbocycles. The van der Waals surface area contributed by atoms with Gasteiger partial charge in [-0.05, 0) is 34.1 Å². The highest BCUT2D eigenvalue weighted by molar-refractivity contribution is 5.14. The fraction of sp³-hybridized carbons (Fsp3) is 0.769. The van der Waals surface area contributed by atoms with E-state index in [0.29, 0.717) is 5.92 Å². The van der Waals surface area contributed by atoms with Gasteiger partial charge in [0, 0.05) is 30.8 Å². The zero-order valence-corrected chi connectivity index (χ0v) is 11.4. The zero-order chi connectivity index (χ0) is 12.8. The van der Waals surface area contributed by atoms with Crippen LogP contribution in [0.4, 0.5) is 0 Å². The van der Waals surface area contributed by atoms with Crippen LogP contribution in [-0.2, 0) is 11.8 Å². The Balaban J connectivity index is 2.23. The van der Waals surface area contributed by atoms with Crippen LogP contribution >= 0.6 is 0 Å². The molecule has 96 valence electrons. The molecular formula is C13H23N3O. The van der Waals surface area contributed by atoms with Gasteiger partial charge in [-0.25, -0.2) is 0 Å². The summed E-state index contributed by atoms with van der Waals surface area (Å²) in [6, 6.07) is -0.0134. The van der Waals surface area contributed by atoms with E-state index < -0.39 is 0 Å². The van der Waals surface area contributed by atoms with Gasteiger partial charge in [0.15, 0.2) is 0 Å². The third-order valence-electron chi connectivity index (χ3n) is 3.69. The summed E-state index contributed by atoms with van der Waals surface area (Å²) in [6.07, 6.45) is 4.83. The standard InChI is InChI=1S/C13H23N3O/c1-12(2)6-10(13(3,4)17-12)11(14)9-7-15-16(5)8-9/h7-8,10-11H,6,14H2,1-5H3. The molecule has 1 aromatic heterocycles. The summed E-state index contributed by atoms with van der Waals surface area (Å²) in [6.45, 7) is 8.51. The highest BCUT2D eigenvalue weighted by atomic mass is 16.5. The first kappa shape index (κ1) is 12.6. The molecule has 4 heteroatoms. The first-order valence-corrected chi connectivity index (χ1v) is 6.16. The minimum Gasteiger partial charge on any atom is -0.369 e. The summed E-state index contributed by atoms with van der Waals surface area (Å²) in [7, 11) is 1.91. The Kier molecular flexibility index (Phi) is 2.83. The lowest BCUT2D eigenvalue weighted by atomic mass is 9.80. The third kappa shape index (κ3) is 2.38. The van der Waals surface area contributed by atoms with E-state index in [1.165, 1.54) is 0 Å². The maximum Gasteiger partial charge on any atom is 0.0680 e. The van der Waals surface area contributed by atoms with Crippen molar-refractivity contribution in [2.45, 2.75) is 51.4 Å². The lowest BCUT2D eigenvalue weighted by molar-refractivity contribution is -0.0767. The summed E-state index contributed by atoms with van der Waals surface area (Å²) in [4.78, 5) is 0. The molecule has 0 aromatic carbocycles. The van der Waals surface area contributed by atoms with Crippen molar-refractivity contribution in [2.24, 2.45) is 18.7 Å². The lowest BCUT2D eigenvalue weighted by Crippen LogP contribution is -2.35. The second-order valence-corrected chi connectivity index (χ2v) is 6.25. The highest BCUT2D eigenvalue weighted by Crippen LogP contribution is 2.46. The molecule has 0 amide bonds. The number of ether oxygens (including phenoxy) is 1. The normalized spacial score (nSPS) is 28.2. The first-order valence-electron chi connectivity index (χ1n) is 6.16. The average molecular weight is 237 g/mol. The Labute approximate surface area is 103 Å². The van der Waals surface area contributed by atoms with Gasteiger partial charge >= 0.3 is 0 Å². The van der Waals surface area contributed by atoms with Crippen LogP contribution in [0.15, 0.2) is 12.4 Å². The Bertz CT molecular complexity index is 409. The van der Waals surface area contributed by atoms with Crippen LogP contribution in [0.25, 0.3) is 0 Å². The molecule has 1 aliphatic heterocycles. The van der Waals surface area contributed by atoms with Crippen molar-refractivity contribution in [3.8, 4) is 0 Å². The van der Waals surface area contributed by atoms with Gasteiger partial charge < -0.3 is 10.5 Å². The zero-order valence-electron chi connectivity index (χ0n) is 11.4. The van der Waals surface area contributed by atoms with E-state index in [2.05, 4.69) is 32.8 Å². The average Bonchev–Trinajstić information content (AvgIpc) is 2.66. The van der Waals surface area contributed by atoms with Crippen molar-refractivity contribution in [1.29, 1.82) is 0 Å². The predicted molar refractivity (Wildman–Crippen MR) is 67.5 cm³/mol. The molecule has 4 nitrogen and oxygen atoms in total. The van der Waals surface area contributed by atoms with Gasteiger partial charge in [-0.15, -0.1) is 0 Å². The molecule has 0 spiro atoms. The van der Waals surface area contributed by atoms with Crippen molar-refractivity contribution in [1.82, 2.24) is 9.78 Å². The SMILES string of the molecule is Cn1cc(C(N)C2CC(C)(C)OC2(C)C)cn1. The van der Waals surface area contributed by atoms with Gasteiger partial charge in [-0.3, -0.25) is 4.68 Å². The van der Waals surface area contributed by atoms with E-state index in [1.54, 1.807) is 4.68 Å². The minimum atomic E-state index is -0.182. The number of hydrogen-bond donors (Lipinski definition) is 1. The summed E-state index contributed by atoms with van der Waals surface area (Å²) >= 11 is 0. The van der Waals surface area contributed by atoms with Crippen LogP contribution in [0.3, 0.4) is 0 Å². The number of hydrogen-bond acceptors (Lipinski definition) is 3. The van der Waals surface area contributed by atoms with Crippen LogP contribution in [0, 0.1) is 5.92 Å². The maximum atomic E-state index is 6.38. The molecule has 2 unspecified atom stereocenters. The minimum absolute atomic E-state index is 0.0134. The van der Waals surface area contributed by atoms with Crippen LogP contribution in [0.5, 0.6) is 0 Å². The topological polar surface area (TPSA) is 53.1 Å². The summed E-state index contributed by atoms with van der Waals surface area (Å²) in [5.41, 5.74) is 7.20. The summed E-state index contributed by atoms with van der Waals surface area (Å²) in [5, 5.41) is 4.19. The molecule has 1 fully saturated rings. The van der Waals surface area contributed by atoms with Gasteiger partial charge in [0.1, 0.15) is 0 Å². The van der Waals surface area contributed by atoms with E-state index in [0.717, 1.165) is 12.0 Å². The quantitative estimate of drug-likeness (QED) is 0.856. The van der Waals surface area contributed by atoms with Crippen molar-refractivity contribution in [3.05, 3.63) is 18.0 Å². The van der Waals surface area contributed by atoms with Gasteiger partial charge in [-0.2, -0.15) is 5.10 Å². The molecule has 0 aliphatic carbocycles. The van der Waals surface area contributed by atoms with Crippen LogP contribution < -0.4 is 5.73 Å². The smallest absolute Gasteiger partial charge is 0.0680 e. The van der Waals surface area contributed by atoms with Gasteiger partial charge in [0.05, 0.1) is 17.4 Å². The van der Waals surface area contributed by atoms with Crippen molar-refractivity contribution < 1.29 is 4.74 Å². The van der Waals surface area contributed by atoms with Crippen LogP contribution in [-0.4, -0.2) is 21.0 Å². The first-order chi connectivity index (χ1) is 7.71. The largest absolute Gasteiger partial charge is 0.369 e. The molecule has 0 radical (unpaired) electrons. The Morgan fingerprint density at radius 1 is 1.47 bits per heavy atom. The number of nitrogens with two attached hydrogens (primary N) is 1. The molecule has 2 rings (SSSR count). The van der Waals surface area contributed by atoms with E-state index in [9.17, 15) is 0 Å². The van der Waals surface area contributed by atoms with Gasteiger partial charge in [0.25, 0.3) is 0 Å². The third-order valence-corrected chi connectivity index (χ3v) is 3.69. The Morgan fingerprint density at radius 2 is 2.12 bits per heavy atom. The number of aryl methyl sites for hydroxylation is 1. The van der Waals surface area contributed by atoms with Crippen molar-refractivity contribution in [3.63, 3.8) is 0 Å². The van der Waals surface area contributed by atoms with Crippen molar-refractivity contribution in [2.75, 3.05) is 0 Å². The molecular weight excluding hydrogens is 214 g/mol. The molecule has 2 N–H and O–H groups in total. The predicted octanol–water partition coefficient (Wildman–Crippen LogP) is 2.01. The second kappa shape index (κ2) is 3.82. The van der Waals surface area contributed by atoms with Crippen molar-refractivity contribution >= 4 is 0 Å². The van der Waals surface area contributed by atoms with Gasteiger partial charge in [-0.1, -0.05) is 0 Å². The molecule has 1 aliphatic rings. The number of rotatable bonds is 2. The molecule has 2 heterocycles. The molecule has 0 bridgehead atoms. The monoisotopic (exact) mass is 237 g/mol. The number of aromatic nitrogens is 2. The molecule has 1 aromatic rings. The molecule has 2 atom stereocenters. The van der Waals surface area contributed by atoms with E-state index >= 15 is 0 Å². The Morgan fingerprint density at radius 3 is 2.53 bits per heavy atom. The van der Waals surface area contributed by atoms with Gasteiger partial charge in [0.2, 0.25) is 0 Å². The van der Waals surface area contributed by atoms with Crippen LogP contribution in [0.1, 0.15) is 45.7 Å². The van der Waals surface area contributed by atoms with E-state index in [-0.39, 0.29) is 17.2 Å². The lowest BCUT2D eigenvalue weighted by Gasteiger charge is -2.30. The maximum absolute atomic E-state index is 6.38. The molecule has 1 saturated heterocycles. The van der Waals surface area contributed by atoms with E-state index in [4.69, 9.17) is 10.5 Å². The second-order valence-electron chi connectivity index (χ2n) is 6.25.